The van der Waals surface area contributed by atoms with Crippen LogP contribution >= 0.6 is 11.3 Å². The number of anilines is 2. The maximum absolute atomic E-state index is 12.9. The lowest BCUT2D eigenvalue weighted by Crippen LogP contribution is -2.22. The molecule has 0 radical (unpaired) electrons. The summed E-state index contributed by atoms with van der Waals surface area (Å²) < 4.78 is 21.2. The van der Waals surface area contributed by atoms with E-state index < -0.39 is 24.5 Å². The second kappa shape index (κ2) is 11.8. The molecule has 2 heterocycles. The molecular formula is C27H26N2O8S. The van der Waals surface area contributed by atoms with Crippen LogP contribution in [0.15, 0.2) is 42.5 Å². The Labute approximate surface area is 222 Å². The molecule has 2 N–H and O–H groups in total. The Balaban J connectivity index is 1.45. The molecule has 10 nitrogen and oxygen atoms in total. The van der Waals surface area contributed by atoms with Crippen LogP contribution in [0.4, 0.5) is 10.7 Å². The van der Waals surface area contributed by atoms with Gasteiger partial charge in [-0.25, -0.2) is 9.59 Å². The van der Waals surface area contributed by atoms with Gasteiger partial charge in [0.1, 0.15) is 5.00 Å². The van der Waals surface area contributed by atoms with Crippen LogP contribution in [0.3, 0.4) is 0 Å². The smallest absolute Gasteiger partial charge is 0.341 e. The van der Waals surface area contributed by atoms with E-state index in [1.54, 1.807) is 19.1 Å². The largest absolute Gasteiger partial charge is 0.462 e. The van der Waals surface area contributed by atoms with E-state index in [0.29, 0.717) is 28.6 Å². The third-order valence-corrected chi connectivity index (χ3v) is 6.60. The molecule has 0 unspecified atom stereocenters. The SMILES string of the molecule is CCOC(=O)c1c(NC(=O)COC(=O)c2ccc(NC(C)=O)cc2)sc(C)c1Cc1ccc2c(c1)OCO2. The lowest BCUT2D eigenvalue weighted by Gasteiger charge is -2.10. The average Bonchev–Trinajstić information content (AvgIpc) is 3.46. The monoisotopic (exact) mass is 538 g/mol. The summed E-state index contributed by atoms with van der Waals surface area (Å²) in [7, 11) is 0. The van der Waals surface area contributed by atoms with Crippen molar-refractivity contribution in [3.05, 3.63) is 69.6 Å². The first-order valence-electron chi connectivity index (χ1n) is 11.8. The molecule has 0 aliphatic carbocycles. The zero-order chi connectivity index (χ0) is 27.2. The van der Waals surface area contributed by atoms with E-state index in [1.165, 1.54) is 30.4 Å². The first-order chi connectivity index (χ1) is 18.2. The van der Waals surface area contributed by atoms with Crippen LogP contribution in [0.5, 0.6) is 11.5 Å². The Morgan fingerprint density at radius 2 is 1.68 bits per heavy atom. The number of hydrogen-bond donors (Lipinski definition) is 2. The zero-order valence-electron chi connectivity index (χ0n) is 21.0. The summed E-state index contributed by atoms with van der Waals surface area (Å²) in [6.07, 6.45) is 0.409. The Kier molecular flexibility index (Phi) is 8.27. The number of carbonyl (C=O) groups is 4. The zero-order valence-corrected chi connectivity index (χ0v) is 21.9. The predicted octanol–water partition coefficient (Wildman–Crippen LogP) is 4.31. The number of fused-ring (bicyclic) bond motifs is 1. The van der Waals surface area contributed by atoms with Gasteiger partial charge in [0.05, 0.1) is 17.7 Å². The van der Waals surface area contributed by atoms with E-state index in [4.69, 9.17) is 18.9 Å². The van der Waals surface area contributed by atoms with E-state index in [2.05, 4.69) is 10.6 Å². The summed E-state index contributed by atoms with van der Waals surface area (Å²) >= 11 is 1.24. The van der Waals surface area contributed by atoms with Crippen LogP contribution in [0.1, 0.15) is 50.6 Å². The topological polar surface area (TPSA) is 129 Å². The average molecular weight is 539 g/mol. The summed E-state index contributed by atoms with van der Waals surface area (Å²) in [6.45, 7) is 4.72. The van der Waals surface area contributed by atoms with E-state index in [1.807, 2.05) is 25.1 Å². The van der Waals surface area contributed by atoms with E-state index in [0.717, 1.165) is 16.0 Å². The lowest BCUT2D eigenvalue weighted by atomic mass is 10.0. The van der Waals surface area contributed by atoms with E-state index >= 15 is 0 Å². The highest BCUT2D eigenvalue weighted by atomic mass is 32.1. The van der Waals surface area contributed by atoms with Crippen molar-refractivity contribution in [2.45, 2.75) is 27.2 Å². The number of rotatable bonds is 9. The van der Waals surface area contributed by atoms with Crippen LogP contribution in [0.25, 0.3) is 0 Å². The fourth-order valence-corrected chi connectivity index (χ4v) is 4.90. The molecule has 2 amide bonds. The Bertz CT molecular complexity index is 1380. The number of hydrogen-bond acceptors (Lipinski definition) is 9. The molecule has 198 valence electrons. The molecule has 11 heteroatoms. The standard InChI is InChI=1S/C27H26N2O8S/c1-4-34-27(33)24-20(11-17-5-10-21-22(12-17)37-14-36-21)15(2)38-25(24)29-23(31)13-35-26(32)18-6-8-19(9-7-18)28-16(3)30/h5-10,12H,4,11,13-14H2,1-3H3,(H,28,30)(H,29,31). The van der Waals surface area contributed by atoms with E-state index in [-0.39, 0.29) is 30.4 Å². The molecule has 0 spiro atoms. The molecule has 0 bridgehead atoms. The van der Waals surface area contributed by atoms with Gasteiger partial charge < -0.3 is 29.6 Å². The van der Waals surface area contributed by atoms with Crippen molar-refractivity contribution < 1.29 is 38.1 Å². The molecule has 0 saturated heterocycles. The Hall–Kier alpha value is -4.38. The van der Waals surface area contributed by atoms with Gasteiger partial charge >= 0.3 is 11.9 Å². The summed E-state index contributed by atoms with van der Waals surface area (Å²) in [5.41, 5.74) is 2.64. The molecular weight excluding hydrogens is 512 g/mol. The molecule has 1 aromatic heterocycles. The highest BCUT2D eigenvalue weighted by Gasteiger charge is 2.25. The fourth-order valence-electron chi connectivity index (χ4n) is 3.82. The number of nitrogens with one attached hydrogen (secondary N) is 2. The van der Waals surface area contributed by atoms with Crippen molar-refractivity contribution in [3.8, 4) is 11.5 Å². The molecule has 1 aliphatic heterocycles. The van der Waals surface area contributed by atoms with Crippen molar-refractivity contribution in [1.29, 1.82) is 0 Å². The number of thiophene rings is 1. The maximum Gasteiger partial charge on any atom is 0.341 e. The molecule has 0 saturated carbocycles. The number of amides is 2. The molecule has 38 heavy (non-hydrogen) atoms. The summed E-state index contributed by atoms with van der Waals surface area (Å²) in [4.78, 5) is 49.9. The number of carbonyl (C=O) groups excluding carboxylic acids is 4. The molecule has 3 aromatic rings. The molecule has 0 atom stereocenters. The summed E-state index contributed by atoms with van der Waals surface area (Å²) in [5, 5.41) is 5.60. The lowest BCUT2D eigenvalue weighted by molar-refractivity contribution is -0.119. The van der Waals surface area contributed by atoms with Gasteiger partial charge in [-0.1, -0.05) is 6.07 Å². The normalized spacial score (nSPS) is 11.6. The van der Waals surface area contributed by atoms with Crippen molar-refractivity contribution in [3.63, 3.8) is 0 Å². The number of ether oxygens (including phenoxy) is 4. The van der Waals surface area contributed by atoms with Gasteiger partial charge in [-0.3, -0.25) is 9.59 Å². The van der Waals surface area contributed by atoms with Crippen molar-refractivity contribution in [1.82, 2.24) is 0 Å². The molecule has 4 rings (SSSR count). The quantitative estimate of drug-likeness (QED) is 0.386. The van der Waals surface area contributed by atoms with Gasteiger partial charge in [0.2, 0.25) is 12.7 Å². The highest BCUT2D eigenvalue weighted by molar-refractivity contribution is 7.16. The van der Waals surface area contributed by atoms with Crippen molar-refractivity contribution in [2.75, 3.05) is 30.6 Å². The first kappa shape index (κ1) is 26.7. The molecule has 2 aromatic carbocycles. The van der Waals surface area contributed by atoms with Gasteiger partial charge in [0.25, 0.3) is 5.91 Å². The van der Waals surface area contributed by atoms with Crippen LogP contribution in [-0.4, -0.2) is 43.8 Å². The van der Waals surface area contributed by atoms with Crippen LogP contribution in [0.2, 0.25) is 0 Å². The Morgan fingerprint density at radius 1 is 0.947 bits per heavy atom. The first-order valence-corrected chi connectivity index (χ1v) is 12.6. The second-order valence-corrected chi connectivity index (χ2v) is 9.53. The summed E-state index contributed by atoms with van der Waals surface area (Å²) in [6, 6.07) is 11.6. The van der Waals surface area contributed by atoms with Crippen molar-refractivity contribution in [2.24, 2.45) is 0 Å². The molecule has 1 aliphatic rings. The van der Waals surface area contributed by atoms with Crippen LogP contribution in [0, 0.1) is 6.92 Å². The predicted molar refractivity (Wildman–Crippen MR) is 140 cm³/mol. The van der Waals surface area contributed by atoms with Gasteiger partial charge in [-0.05, 0) is 67.8 Å². The minimum absolute atomic E-state index is 0.160. The van der Waals surface area contributed by atoms with Crippen LogP contribution < -0.4 is 20.1 Å². The van der Waals surface area contributed by atoms with Crippen molar-refractivity contribution >= 4 is 45.8 Å². The number of esters is 2. The third kappa shape index (κ3) is 6.30. The number of aryl methyl sites for hydroxylation is 1. The van der Waals surface area contributed by atoms with Gasteiger partial charge in [0, 0.05) is 17.5 Å². The second-order valence-electron chi connectivity index (χ2n) is 8.31. The Morgan fingerprint density at radius 3 is 2.39 bits per heavy atom. The fraction of sp³-hybridized carbons (Fsp3) is 0.259. The minimum Gasteiger partial charge on any atom is -0.462 e. The number of benzene rings is 2. The minimum atomic E-state index is -0.703. The van der Waals surface area contributed by atoms with Gasteiger partial charge in [-0.2, -0.15) is 0 Å². The molecule has 0 fully saturated rings. The van der Waals surface area contributed by atoms with Gasteiger partial charge in [-0.15, -0.1) is 11.3 Å². The third-order valence-electron chi connectivity index (χ3n) is 5.53. The van der Waals surface area contributed by atoms with Crippen LogP contribution in [-0.2, 0) is 25.5 Å². The highest BCUT2D eigenvalue weighted by Crippen LogP contribution is 2.37. The van der Waals surface area contributed by atoms with E-state index in [9.17, 15) is 19.2 Å². The van der Waals surface area contributed by atoms with Gasteiger partial charge in [0.15, 0.2) is 18.1 Å². The summed E-state index contributed by atoms with van der Waals surface area (Å²) in [5.74, 6) is -0.803. The maximum atomic E-state index is 12.9.